The zero-order chi connectivity index (χ0) is 18.7. The van der Waals surface area contributed by atoms with Crippen LogP contribution >= 0.6 is 23.2 Å². The van der Waals surface area contributed by atoms with E-state index >= 15 is 0 Å². The van der Waals surface area contributed by atoms with E-state index in [-0.39, 0.29) is 15.8 Å². The van der Waals surface area contributed by atoms with E-state index in [2.05, 4.69) is 5.32 Å². The number of halogens is 2. The van der Waals surface area contributed by atoms with Gasteiger partial charge in [0.25, 0.3) is 5.91 Å². The number of carbonyl (C=O) groups excluding carboxylic acids is 1. The molecule has 3 rings (SSSR count). The Morgan fingerprint density at radius 2 is 1.62 bits per heavy atom. The van der Waals surface area contributed by atoms with Gasteiger partial charge in [-0.1, -0.05) is 29.6 Å². The van der Waals surface area contributed by atoms with Crippen molar-refractivity contribution in [1.29, 1.82) is 0 Å². The molecule has 5 nitrogen and oxygen atoms in total. The molecule has 2 aromatic carbocycles. The van der Waals surface area contributed by atoms with Crippen LogP contribution in [0.1, 0.15) is 29.6 Å². The Bertz CT molecular complexity index is 909. The Morgan fingerprint density at radius 3 is 2.27 bits per heavy atom. The van der Waals surface area contributed by atoms with Gasteiger partial charge >= 0.3 is 0 Å². The molecule has 0 unspecified atom stereocenters. The molecule has 0 saturated carbocycles. The van der Waals surface area contributed by atoms with Gasteiger partial charge in [-0.15, -0.1) is 0 Å². The van der Waals surface area contributed by atoms with Crippen LogP contribution in [0.4, 0.5) is 5.69 Å². The van der Waals surface area contributed by atoms with Crippen LogP contribution < -0.4 is 5.32 Å². The lowest BCUT2D eigenvalue weighted by molar-refractivity contribution is 0.102. The highest BCUT2D eigenvalue weighted by Gasteiger charge is 2.28. The summed E-state index contributed by atoms with van der Waals surface area (Å²) in [7, 11) is -3.69. The number of piperidine rings is 1. The maximum atomic E-state index is 12.9. The largest absolute Gasteiger partial charge is 0.322 e. The van der Waals surface area contributed by atoms with Crippen LogP contribution in [0.15, 0.2) is 47.4 Å². The second kappa shape index (κ2) is 7.96. The Morgan fingerprint density at radius 1 is 0.962 bits per heavy atom. The highest BCUT2D eigenvalue weighted by atomic mass is 35.5. The number of nitrogens with zero attached hydrogens (tertiary/aromatic N) is 1. The molecule has 8 heteroatoms. The SMILES string of the molecule is O=C(Nc1ccc(Cl)c(S(=O)(=O)N2CCCCC2)c1)c1ccc(Cl)cc1. The van der Waals surface area contributed by atoms with E-state index in [4.69, 9.17) is 23.2 Å². The molecule has 1 fully saturated rings. The molecule has 1 heterocycles. The lowest BCUT2D eigenvalue weighted by Crippen LogP contribution is -2.35. The number of hydrogen-bond acceptors (Lipinski definition) is 3. The van der Waals surface area contributed by atoms with Gasteiger partial charge in [0.2, 0.25) is 10.0 Å². The van der Waals surface area contributed by atoms with Gasteiger partial charge < -0.3 is 5.32 Å². The molecule has 0 aromatic heterocycles. The van der Waals surface area contributed by atoms with Crippen molar-refractivity contribution in [3.8, 4) is 0 Å². The van der Waals surface area contributed by atoms with E-state index < -0.39 is 10.0 Å². The summed E-state index contributed by atoms with van der Waals surface area (Å²) in [4.78, 5) is 12.3. The van der Waals surface area contributed by atoms with Crippen molar-refractivity contribution < 1.29 is 13.2 Å². The van der Waals surface area contributed by atoms with Gasteiger partial charge in [0.1, 0.15) is 4.90 Å². The second-order valence-corrected chi connectivity index (χ2v) is 8.82. The second-order valence-electron chi connectivity index (χ2n) is 6.07. The molecule has 1 saturated heterocycles. The Kier molecular flexibility index (Phi) is 5.87. The molecular formula is C18H18Cl2N2O3S. The van der Waals surface area contributed by atoms with Crippen LogP contribution in [0, 0.1) is 0 Å². The monoisotopic (exact) mass is 412 g/mol. The number of benzene rings is 2. The predicted molar refractivity (Wildman–Crippen MR) is 103 cm³/mol. The summed E-state index contributed by atoms with van der Waals surface area (Å²) in [6.45, 7) is 0.972. The number of carbonyl (C=O) groups is 1. The molecule has 138 valence electrons. The van der Waals surface area contributed by atoms with E-state index in [1.54, 1.807) is 30.3 Å². The first kappa shape index (κ1) is 19.2. The zero-order valence-corrected chi connectivity index (χ0v) is 16.2. The van der Waals surface area contributed by atoms with Crippen LogP contribution in [0.2, 0.25) is 10.0 Å². The number of anilines is 1. The van der Waals surface area contributed by atoms with Crippen LogP contribution in [-0.4, -0.2) is 31.7 Å². The van der Waals surface area contributed by atoms with Gasteiger partial charge in [0, 0.05) is 29.4 Å². The Balaban J connectivity index is 1.85. The average Bonchev–Trinajstić information content (AvgIpc) is 2.64. The molecule has 1 aliphatic heterocycles. The third kappa shape index (κ3) is 4.20. The Hall–Kier alpha value is -1.60. The van der Waals surface area contributed by atoms with Crippen LogP contribution in [-0.2, 0) is 10.0 Å². The molecule has 0 bridgehead atoms. The number of sulfonamides is 1. The van der Waals surface area contributed by atoms with Gasteiger partial charge in [-0.25, -0.2) is 8.42 Å². The van der Waals surface area contributed by atoms with E-state index in [0.29, 0.717) is 29.4 Å². The van der Waals surface area contributed by atoms with Gasteiger partial charge in [-0.3, -0.25) is 4.79 Å². The standard InChI is InChI=1S/C18H18Cl2N2O3S/c19-14-6-4-13(5-7-14)18(23)21-15-8-9-16(20)17(12-15)26(24,25)22-10-2-1-3-11-22/h4-9,12H,1-3,10-11H2,(H,21,23). The molecule has 1 aliphatic rings. The van der Waals surface area contributed by atoms with Crippen LogP contribution in [0.3, 0.4) is 0 Å². The fourth-order valence-corrected chi connectivity index (χ4v) is 4.97. The van der Waals surface area contributed by atoms with E-state index in [1.807, 2.05) is 0 Å². The molecule has 0 spiro atoms. The molecule has 2 aromatic rings. The van der Waals surface area contributed by atoms with Gasteiger partial charge in [0.05, 0.1) is 5.02 Å². The number of rotatable bonds is 4. The van der Waals surface area contributed by atoms with E-state index in [0.717, 1.165) is 19.3 Å². The maximum absolute atomic E-state index is 12.9. The van der Waals surface area contributed by atoms with Crippen molar-refractivity contribution in [3.05, 3.63) is 58.1 Å². The molecule has 1 N–H and O–H groups in total. The number of amides is 1. The minimum absolute atomic E-state index is 0.00923. The quantitative estimate of drug-likeness (QED) is 0.807. The predicted octanol–water partition coefficient (Wildman–Crippen LogP) is 4.42. The summed E-state index contributed by atoms with van der Waals surface area (Å²) < 4.78 is 27.2. The summed E-state index contributed by atoms with van der Waals surface area (Å²) >= 11 is 12.0. The molecule has 1 amide bonds. The minimum atomic E-state index is -3.69. The zero-order valence-electron chi connectivity index (χ0n) is 13.9. The highest BCUT2D eigenvalue weighted by molar-refractivity contribution is 7.89. The topological polar surface area (TPSA) is 66.5 Å². The summed E-state index contributed by atoms with van der Waals surface area (Å²) in [6, 6.07) is 10.9. The van der Waals surface area contributed by atoms with Gasteiger partial charge in [0.15, 0.2) is 0 Å². The van der Waals surface area contributed by atoms with Crippen molar-refractivity contribution in [2.24, 2.45) is 0 Å². The van der Waals surface area contributed by atoms with Crippen molar-refractivity contribution in [3.63, 3.8) is 0 Å². The molecule has 0 aliphatic carbocycles. The normalized spacial score (nSPS) is 15.6. The average molecular weight is 413 g/mol. The third-order valence-electron chi connectivity index (χ3n) is 4.23. The first-order chi connectivity index (χ1) is 12.4. The van der Waals surface area contributed by atoms with Gasteiger partial charge in [-0.2, -0.15) is 4.31 Å². The number of nitrogens with one attached hydrogen (secondary N) is 1. The molecule has 26 heavy (non-hydrogen) atoms. The molecular weight excluding hydrogens is 395 g/mol. The van der Waals surface area contributed by atoms with E-state index in [9.17, 15) is 13.2 Å². The van der Waals surface area contributed by atoms with E-state index in [1.165, 1.54) is 16.4 Å². The van der Waals surface area contributed by atoms with Gasteiger partial charge in [-0.05, 0) is 55.3 Å². The lowest BCUT2D eigenvalue weighted by Gasteiger charge is -2.26. The smallest absolute Gasteiger partial charge is 0.255 e. The van der Waals surface area contributed by atoms with Crippen molar-refractivity contribution in [2.75, 3.05) is 18.4 Å². The summed E-state index contributed by atoms with van der Waals surface area (Å²) in [6.07, 6.45) is 2.70. The van der Waals surface area contributed by atoms with Crippen molar-refractivity contribution >= 4 is 44.8 Å². The molecule has 0 atom stereocenters. The highest BCUT2D eigenvalue weighted by Crippen LogP contribution is 2.29. The van der Waals surface area contributed by atoms with Crippen LogP contribution in [0.25, 0.3) is 0 Å². The molecule has 0 radical (unpaired) electrons. The van der Waals surface area contributed by atoms with Crippen molar-refractivity contribution in [1.82, 2.24) is 4.31 Å². The maximum Gasteiger partial charge on any atom is 0.255 e. The Labute approximate surface area is 163 Å². The first-order valence-electron chi connectivity index (χ1n) is 8.24. The summed E-state index contributed by atoms with van der Waals surface area (Å²) in [5.74, 6) is -0.356. The summed E-state index contributed by atoms with van der Waals surface area (Å²) in [5, 5.41) is 3.37. The number of hydrogen-bond donors (Lipinski definition) is 1. The lowest BCUT2D eigenvalue weighted by atomic mass is 10.2. The first-order valence-corrected chi connectivity index (χ1v) is 10.4. The third-order valence-corrected chi connectivity index (χ3v) is 6.86. The minimum Gasteiger partial charge on any atom is -0.322 e. The summed E-state index contributed by atoms with van der Waals surface area (Å²) in [5.41, 5.74) is 0.787. The fraction of sp³-hybridized carbons (Fsp3) is 0.278. The fourth-order valence-electron chi connectivity index (χ4n) is 2.83. The van der Waals surface area contributed by atoms with Crippen molar-refractivity contribution in [2.45, 2.75) is 24.2 Å². The van der Waals surface area contributed by atoms with Crippen LogP contribution in [0.5, 0.6) is 0 Å².